The molecule has 4 rings (SSSR count). The van der Waals surface area contributed by atoms with Gasteiger partial charge in [-0.15, -0.1) is 0 Å². The third-order valence-electron chi connectivity index (χ3n) is 4.92. The zero-order chi connectivity index (χ0) is 24.1. The molecule has 0 saturated carbocycles. The molecule has 0 aliphatic carbocycles. The molecule has 178 valence electrons. The lowest BCUT2D eigenvalue weighted by Crippen LogP contribution is -2.37. The molecule has 0 bridgehead atoms. The van der Waals surface area contributed by atoms with Gasteiger partial charge in [-0.25, -0.2) is 5.43 Å². The van der Waals surface area contributed by atoms with E-state index in [0.717, 1.165) is 28.0 Å². The number of hydrogen-bond donors (Lipinski definition) is 2. The fraction of sp³-hybridized carbons (Fsp3) is 0.273. The molecule has 2 aromatic carbocycles. The molecule has 1 saturated heterocycles. The second kappa shape index (κ2) is 10.3. The van der Waals surface area contributed by atoms with Crippen LogP contribution >= 0.6 is 15.9 Å². The second-order valence-corrected chi connectivity index (χ2v) is 8.30. The quantitative estimate of drug-likeness (QED) is 0.339. The summed E-state index contributed by atoms with van der Waals surface area (Å²) in [4.78, 5) is 15.2. The van der Waals surface area contributed by atoms with Crippen molar-refractivity contribution in [3.63, 3.8) is 0 Å². The number of alkyl halides is 3. The lowest BCUT2D eigenvalue weighted by molar-refractivity contribution is -0.137. The number of halogens is 4. The van der Waals surface area contributed by atoms with Crippen LogP contribution in [0.2, 0.25) is 0 Å². The molecule has 0 amide bonds. The van der Waals surface area contributed by atoms with E-state index in [1.54, 1.807) is 0 Å². The number of nitrogens with one attached hydrogen (secondary N) is 2. The Morgan fingerprint density at radius 1 is 1.06 bits per heavy atom. The van der Waals surface area contributed by atoms with Gasteiger partial charge in [0.1, 0.15) is 0 Å². The number of aromatic nitrogens is 3. The van der Waals surface area contributed by atoms with Gasteiger partial charge < -0.3 is 15.0 Å². The van der Waals surface area contributed by atoms with Crippen molar-refractivity contribution in [2.24, 2.45) is 5.10 Å². The van der Waals surface area contributed by atoms with Crippen LogP contribution in [-0.2, 0) is 10.9 Å². The van der Waals surface area contributed by atoms with Gasteiger partial charge in [-0.1, -0.05) is 24.3 Å². The molecule has 34 heavy (non-hydrogen) atoms. The summed E-state index contributed by atoms with van der Waals surface area (Å²) >= 11 is 3.52. The Hall–Kier alpha value is -3.25. The number of hydrazone groups is 1. The van der Waals surface area contributed by atoms with E-state index in [-0.39, 0.29) is 17.5 Å². The molecule has 0 spiro atoms. The highest BCUT2D eigenvalue weighted by molar-refractivity contribution is 9.10. The summed E-state index contributed by atoms with van der Waals surface area (Å²) in [7, 11) is 0. The van der Waals surface area contributed by atoms with Gasteiger partial charge in [0, 0.05) is 23.1 Å². The van der Waals surface area contributed by atoms with E-state index in [1.165, 1.54) is 18.2 Å². The minimum atomic E-state index is -4.49. The van der Waals surface area contributed by atoms with Crippen molar-refractivity contribution in [1.82, 2.24) is 15.0 Å². The van der Waals surface area contributed by atoms with Crippen LogP contribution in [0.3, 0.4) is 0 Å². The number of rotatable bonds is 6. The van der Waals surface area contributed by atoms with Gasteiger partial charge in [0.2, 0.25) is 17.8 Å². The molecular formula is C22H21BrF3N7O. The minimum absolute atomic E-state index is 0.0770. The standard InChI is InChI=1S/C22H21BrF3N7O/c1-14-6-7-18(17(23)12-14)28-19-29-20(31-21(30-19)33-8-10-34-11-9-33)32-27-13-15-4-2-3-5-16(15)22(24,25)26/h2-7,12-13H,8-11H2,1H3,(H2,28,29,30,31,32)/b27-13-. The zero-order valence-electron chi connectivity index (χ0n) is 18.1. The smallest absolute Gasteiger partial charge is 0.378 e. The van der Waals surface area contributed by atoms with Gasteiger partial charge in [-0.05, 0) is 46.6 Å². The van der Waals surface area contributed by atoms with Crippen LogP contribution in [0.25, 0.3) is 0 Å². The fourth-order valence-corrected chi connectivity index (χ4v) is 3.84. The molecule has 2 N–H and O–H groups in total. The molecule has 3 aromatic rings. The highest BCUT2D eigenvalue weighted by Gasteiger charge is 2.32. The summed E-state index contributed by atoms with van der Waals surface area (Å²) in [6.07, 6.45) is -3.40. The lowest BCUT2D eigenvalue weighted by atomic mass is 10.1. The summed E-state index contributed by atoms with van der Waals surface area (Å²) in [6, 6.07) is 11.0. The Kier molecular flexibility index (Phi) is 7.27. The number of benzene rings is 2. The van der Waals surface area contributed by atoms with Crippen molar-refractivity contribution in [3.05, 3.63) is 63.6 Å². The predicted molar refractivity (Wildman–Crippen MR) is 128 cm³/mol. The first-order valence-electron chi connectivity index (χ1n) is 10.4. The number of nitrogens with zero attached hydrogens (tertiary/aromatic N) is 5. The molecule has 0 unspecified atom stereocenters. The van der Waals surface area contributed by atoms with Crippen molar-refractivity contribution in [3.8, 4) is 0 Å². The highest BCUT2D eigenvalue weighted by Crippen LogP contribution is 2.31. The van der Waals surface area contributed by atoms with Crippen molar-refractivity contribution >= 4 is 45.7 Å². The van der Waals surface area contributed by atoms with E-state index >= 15 is 0 Å². The second-order valence-electron chi connectivity index (χ2n) is 7.45. The van der Waals surface area contributed by atoms with E-state index in [0.29, 0.717) is 32.3 Å². The SMILES string of the molecule is Cc1ccc(Nc2nc(N/N=C\c3ccccc3C(F)(F)F)nc(N3CCOCC3)n2)c(Br)c1. The van der Waals surface area contributed by atoms with Gasteiger partial charge in [-0.2, -0.15) is 33.2 Å². The largest absolute Gasteiger partial charge is 0.417 e. The van der Waals surface area contributed by atoms with Crippen LogP contribution in [0.15, 0.2) is 52.0 Å². The summed E-state index contributed by atoms with van der Waals surface area (Å²) in [5, 5.41) is 7.09. The van der Waals surface area contributed by atoms with Gasteiger partial charge in [0.05, 0.1) is 30.7 Å². The molecule has 1 fully saturated rings. The molecule has 1 aliphatic rings. The lowest BCUT2D eigenvalue weighted by Gasteiger charge is -2.27. The number of hydrogen-bond acceptors (Lipinski definition) is 8. The minimum Gasteiger partial charge on any atom is -0.378 e. The van der Waals surface area contributed by atoms with E-state index in [9.17, 15) is 13.2 Å². The third-order valence-corrected chi connectivity index (χ3v) is 5.58. The van der Waals surface area contributed by atoms with Crippen LogP contribution < -0.4 is 15.6 Å². The molecule has 0 radical (unpaired) electrons. The Labute approximate surface area is 202 Å². The summed E-state index contributed by atoms with van der Waals surface area (Å²) in [5.74, 6) is 0.745. The molecule has 12 heteroatoms. The first-order valence-corrected chi connectivity index (χ1v) is 11.2. The molecular weight excluding hydrogens is 515 g/mol. The normalized spacial score (nSPS) is 14.4. The maximum atomic E-state index is 13.2. The van der Waals surface area contributed by atoms with Crippen LogP contribution in [0.5, 0.6) is 0 Å². The molecule has 8 nitrogen and oxygen atoms in total. The molecule has 1 aromatic heterocycles. The molecule has 0 atom stereocenters. The number of anilines is 4. The Morgan fingerprint density at radius 2 is 1.79 bits per heavy atom. The third kappa shape index (κ3) is 6.00. The molecule has 2 heterocycles. The van der Waals surface area contributed by atoms with Gasteiger partial charge in [0.15, 0.2) is 0 Å². The van der Waals surface area contributed by atoms with E-state index in [2.05, 4.69) is 46.7 Å². The summed E-state index contributed by atoms with van der Waals surface area (Å²) in [5.41, 5.74) is 3.60. The first-order chi connectivity index (χ1) is 16.3. The van der Waals surface area contributed by atoms with E-state index in [1.807, 2.05) is 30.0 Å². The van der Waals surface area contributed by atoms with Gasteiger partial charge >= 0.3 is 6.18 Å². The molecule has 1 aliphatic heterocycles. The van der Waals surface area contributed by atoms with Crippen LogP contribution in [0.4, 0.5) is 36.7 Å². The Morgan fingerprint density at radius 3 is 2.53 bits per heavy atom. The van der Waals surface area contributed by atoms with Crippen LogP contribution in [-0.4, -0.2) is 47.5 Å². The van der Waals surface area contributed by atoms with E-state index in [4.69, 9.17) is 4.74 Å². The summed E-state index contributed by atoms with van der Waals surface area (Å²) < 4.78 is 45.9. The maximum Gasteiger partial charge on any atom is 0.417 e. The average Bonchev–Trinajstić information content (AvgIpc) is 2.81. The van der Waals surface area contributed by atoms with Gasteiger partial charge in [0.25, 0.3) is 0 Å². The average molecular weight is 536 g/mol. The monoisotopic (exact) mass is 535 g/mol. The predicted octanol–water partition coefficient (Wildman–Crippen LogP) is 4.99. The topological polar surface area (TPSA) is 87.6 Å². The van der Waals surface area contributed by atoms with E-state index < -0.39 is 11.7 Å². The first kappa shape index (κ1) is 23.9. The van der Waals surface area contributed by atoms with Crippen molar-refractivity contribution in [2.75, 3.05) is 41.9 Å². The van der Waals surface area contributed by atoms with Crippen molar-refractivity contribution < 1.29 is 17.9 Å². The Balaban J connectivity index is 1.61. The number of morpholine rings is 1. The zero-order valence-corrected chi connectivity index (χ0v) is 19.7. The highest BCUT2D eigenvalue weighted by atomic mass is 79.9. The van der Waals surface area contributed by atoms with Crippen LogP contribution in [0, 0.1) is 6.92 Å². The van der Waals surface area contributed by atoms with Crippen LogP contribution in [0.1, 0.15) is 16.7 Å². The van der Waals surface area contributed by atoms with Crippen molar-refractivity contribution in [2.45, 2.75) is 13.1 Å². The maximum absolute atomic E-state index is 13.2. The number of aryl methyl sites for hydroxylation is 1. The Bertz CT molecular complexity index is 1180. The van der Waals surface area contributed by atoms with Gasteiger partial charge in [-0.3, -0.25) is 0 Å². The fourth-order valence-electron chi connectivity index (χ4n) is 3.24. The number of ether oxygens (including phenoxy) is 1. The summed E-state index contributed by atoms with van der Waals surface area (Å²) in [6.45, 7) is 4.24. The van der Waals surface area contributed by atoms with Crippen molar-refractivity contribution in [1.29, 1.82) is 0 Å².